The van der Waals surface area contributed by atoms with Gasteiger partial charge in [0.25, 0.3) is 0 Å². The highest BCUT2D eigenvalue weighted by molar-refractivity contribution is 4.89. The predicted octanol–water partition coefficient (Wildman–Crippen LogP) is -0.140. The fraction of sp³-hybridized carbons (Fsp3) is 1.00. The largest absolute Gasteiger partial charge is 0.381 e. The molecule has 0 aromatic heterocycles. The zero-order valence-electron chi connectivity index (χ0n) is 10.7. The van der Waals surface area contributed by atoms with Gasteiger partial charge in [0.1, 0.15) is 0 Å². The molecule has 0 aromatic rings. The summed E-state index contributed by atoms with van der Waals surface area (Å²) in [5.74, 6) is 0. The summed E-state index contributed by atoms with van der Waals surface area (Å²) >= 11 is 0. The van der Waals surface area contributed by atoms with E-state index in [-0.39, 0.29) is 0 Å². The van der Waals surface area contributed by atoms with Crippen LogP contribution in [-0.4, -0.2) is 76.4 Å². The van der Waals surface area contributed by atoms with Crippen LogP contribution in [0.1, 0.15) is 6.42 Å². The quantitative estimate of drug-likeness (QED) is 0.723. The van der Waals surface area contributed by atoms with Crippen molar-refractivity contribution < 1.29 is 4.74 Å². The number of nitrogens with one attached hydrogen (secondary N) is 1. The van der Waals surface area contributed by atoms with Crippen LogP contribution in [0.25, 0.3) is 0 Å². The first-order chi connectivity index (χ1) is 7.74. The van der Waals surface area contributed by atoms with Crippen LogP contribution in [0.5, 0.6) is 0 Å². The maximum Gasteiger partial charge on any atom is 0.0547 e. The molecular formula is C12H25N3O. The second-order valence-electron chi connectivity index (χ2n) is 5.41. The standard InChI is InChI=1S/C12H25N3O/c1-13-9-12(3-8-16-11-12)10-15-6-4-14(2)5-7-15/h13H,3-11H2,1-2H3. The average Bonchev–Trinajstić information content (AvgIpc) is 2.71. The molecule has 2 heterocycles. The lowest BCUT2D eigenvalue weighted by atomic mass is 9.86. The summed E-state index contributed by atoms with van der Waals surface area (Å²) in [7, 11) is 4.25. The Kier molecular flexibility index (Phi) is 4.19. The predicted molar refractivity (Wildman–Crippen MR) is 65.7 cm³/mol. The van der Waals surface area contributed by atoms with Gasteiger partial charge in [-0.3, -0.25) is 0 Å². The first kappa shape index (κ1) is 12.3. The second kappa shape index (κ2) is 5.45. The van der Waals surface area contributed by atoms with Gasteiger partial charge in [-0.1, -0.05) is 0 Å². The van der Waals surface area contributed by atoms with Crippen molar-refractivity contribution in [2.45, 2.75) is 6.42 Å². The number of hydrogen-bond donors (Lipinski definition) is 1. The number of likely N-dealkylation sites (N-methyl/N-ethyl adjacent to an activating group) is 1. The van der Waals surface area contributed by atoms with Crippen LogP contribution >= 0.6 is 0 Å². The highest BCUT2D eigenvalue weighted by Gasteiger charge is 2.36. The maximum atomic E-state index is 5.60. The van der Waals surface area contributed by atoms with Crippen LogP contribution in [0.2, 0.25) is 0 Å². The molecule has 0 spiro atoms. The van der Waals surface area contributed by atoms with Crippen molar-refractivity contribution in [3.8, 4) is 0 Å². The van der Waals surface area contributed by atoms with E-state index in [9.17, 15) is 0 Å². The number of hydrogen-bond acceptors (Lipinski definition) is 4. The van der Waals surface area contributed by atoms with E-state index in [1.54, 1.807) is 0 Å². The Morgan fingerprint density at radius 1 is 1.25 bits per heavy atom. The van der Waals surface area contributed by atoms with Crippen molar-refractivity contribution in [1.29, 1.82) is 0 Å². The first-order valence-corrected chi connectivity index (χ1v) is 6.37. The average molecular weight is 227 g/mol. The lowest BCUT2D eigenvalue weighted by molar-refractivity contribution is 0.0799. The smallest absolute Gasteiger partial charge is 0.0547 e. The number of nitrogens with zero attached hydrogens (tertiary/aromatic N) is 2. The summed E-state index contributed by atoms with van der Waals surface area (Å²) in [4.78, 5) is 5.01. The van der Waals surface area contributed by atoms with Gasteiger partial charge in [0.15, 0.2) is 0 Å². The topological polar surface area (TPSA) is 27.7 Å². The molecule has 0 amide bonds. The van der Waals surface area contributed by atoms with E-state index in [1.807, 2.05) is 7.05 Å². The van der Waals surface area contributed by atoms with E-state index < -0.39 is 0 Å². The third-order valence-corrected chi connectivity index (χ3v) is 3.89. The Labute approximate surface area is 98.9 Å². The van der Waals surface area contributed by atoms with E-state index in [0.717, 1.165) is 19.8 Å². The lowest BCUT2D eigenvalue weighted by Gasteiger charge is -2.38. The molecule has 2 saturated heterocycles. The molecule has 2 aliphatic rings. The molecule has 0 bridgehead atoms. The Morgan fingerprint density at radius 3 is 2.56 bits per heavy atom. The molecule has 16 heavy (non-hydrogen) atoms. The van der Waals surface area contributed by atoms with Gasteiger partial charge in [-0.15, -0.1) is 0 Å². The van der Waals surface area contributed by atoms with Gasteiger partial charge in [-0.05, 0) is 20.5 Å². The van der Waals surface area contributed by atoms with Gasteiger partial charge in [-0.25, -0.2) is 0 Å². The van der Waals surface area contributed by atoms with E-state index in [2.05, 4.69) is 22.2 Å². The van der Waals surface area contributed by atoms with Crippen molar-refractivity contribution in [3.63, 3.8) is 0 Å². The highest BCUT2D eigenvalue weighted by atomic mass is 16.5. The molecule has 0 aromatic carbocycles. The SMILES string of the molecule is CNCC1(CN2CCN(C)CC2)CCOC1. The Morgan fingerprint density at radius 2 is 2.00 bits per heavy atom. The van der Waals surface area contributed by atoms with Crippen LogP contribution in [0, 0.1) is 5.41 Å². The molecule has 2 aliphatic heterocycles. The van der Waals surface area contributed by atoms with E-state index in [4.69, 9.17) is 4.74 Å². The molecule has 2 fully saturated rings. The minimum atomic E-state index is 0.366. The zero-order chi connectivity index (χ0) is 11.4. The van der Waals surface area contributed by atoms with Gasteiger partial charge < -0.3 is 19.9 Å². The minimum Gasteiger partial charge on any atom is -0.381 e. The van der Waals surface area contributed by atoms with Gasteiger partial charge in [0, 0.05) is 51.3 Å². The van der Waals surface area contributed by atoms with E-state index in [1.165, 1.54) is 39.1 Å². The van der Waals surface area contributed by atoms with Crippen LogP contribution in [0.4, 0.5) is 0 Å². The summed E-state index contributed by atoms with van der Waals surface area (Å²) in [5, 5.41) is 3.33. The molecule has 4 nitrogen and oxygen atoms in total. The molecule has 1 N–H and O–H groups in total. The van der Waals surface area contributed by atoms with Crippen molar-refractivity contribution >= 4 is 0 Å². The van der Waals surface area contributed by atoms with Crippen molar-refractivity contribution in [1.82, 2.24) is 15.1 Å². The van der Waals surface area contributed by atoms with Gasteiger partial charge in [0.2, 0.25) is 0 Å². The normalized spacial score (nSPS) is 33.4. The maximum absolute atomic E-state index is 5.60. The van der Waals surface area contributed by atoms with Crippen LogP contribution < -0.4 is 5.32 Å². The fourth-order valence-corrected chi connectivity index (χ4v) is 2.82. The molecular weight excluding hydrogens is 202 g/mol. The monoisotopic (exact) mass is 227 g/mol. The molecule has 0 radical (unpaired) electrons. The number of rotatable bonds is 4. The van der Waals surface area contributed by atoms with Crippen LogP contribution in [0.15, 0.2) is 0 Å². The summed E-state index contributed by atoms with van der Waals surface area (Å²) in [6.45, 7) is 8.98. The summed E-state index contributed by atoms with van der Waals surface area (Å²) in [5.41, 5.74) is 0.366. The van der Waals surface area contributed by atoms with Gasteiger partial charge in [-0.2, -0.15) is 0 Å². The summed E-state index contributed by atoms with van der Waals surface area (Å²) in [6.07, 6.45) is 1.21. The molecule has 94 valence electrons. The second-order valence-corrected chi connectivity index (χ2v) is 5.41. The lowest BCUT2D eigenvalue weighted by Crippen LogP contribution is -2.51. The molecule has 2 rings (SSSR count). The van der Waals surface area contributed by atoms with Crippen LogP contribution in [-0.2, 0) is 4.74 Å². The number of ether oxygens (including phenoxy) is 1. The molecule has 0 saturated carbocycles. The highest BCUT2D eigenvalue weighted by Crippen LogP contribution is 2.29. The Hall–Kier alpha value is -0.160. The molecule has 4 heteroatoms. The third-order valence-electron chi connectivity index (χ3n) is 3.89. The number of piperazine rings is 1. The van der Waals surface area contributed by atoms with E-state index >= 15 is 0 Å². The van der Waals surface area contributed by atoms with Gasteiger partial charge >= 0.3 is 0 Å². The Balaban J connectivity index is 1.85. The molecule has 1 unspecified atom stereocenters. The minimum absolute atomic E-state index is 0.366. The fourth-order valence-electron chi connectivity index (χ4n) is 2.82. The van der Waals surface area contributed by atoms with E-state index in [0.29, 0.717) is 5.41 Å². The van der Waals surface area contributed by atoms with Crippen LogP contribution in [0.3, 0.4) is 0 Å². The molecule has 0 aliphatic carbocycles. The van der Waals surface area contributed by atoms with Crippen molar-refractivity contribution in [3.05, 3.63) is 0 Å². The third kappa shape index (κ3) is 2.94. The van der Waals surface area contributed by atoms with Crippen molar-refractivity contribution in [2.24, 2.45) is 5.41 Å². The summed E-state index contributed by atoms with van der Waals surface area (Å²) in [6, 6.07) is 0. The van der Waals surface area contributed by atoms with Gasteiger partial charge in [0.05, 0.1) is 6.61 Å². The van der Waals surface area contributed by atoms with Crippen molar-refractivity contribution in [2.75, 3.05) is 66.6 Å². The first-order valence-electron chi connectivity index (χ1n) is 6.37. The molecule has 1 atom stereocenters. The zero-order valence-corrected chi connectivity index (χ0v) is 10.7. The Bertz CT molecular complexity index is 208. The summed E-state index contributed by atoms with van der Waals surface area (Å²) < 4.78 is 5.60.